The average Bonchev–Trinajstić information content (AvgIpc) is 2.96. The molecule has 0 spiro atoms. The van der Waals surface area contributed by atoms with E-state index in [9.17, 15) is 0 Å². The van der Waals surface area contributed by atoms with Gasteiger partial charge in [0, 0.05) is 0 Å². The van der Waals surface area contributed by atoms with E-state index < -0.39 is 0 Å². The molecule has 8 heteroatoms. The van der Waals surface area contributed by atoms with Gasteiger partial charge in [-0.05, 0) is 48.9 Å². The van der Waals surface area contributed by atoms with E-state index in [0.29, 0.717) is 67.2 Å². The van der Waals surface area contributed by atoms with Gasteiger partial charge in [0.1, 0.15) is 78.5 Å². The molecule has 1 heterocycles. The Morgan fingerprint density at radius 3 is 1.61 bits per heavy atom. The highest BCUT2D eigenvalue weighted by Gasteiger charge is 2.15. The van der Waals surface area contributed by atoms with Crippen LogP contribution in [-0.4, -0.2) is 44.5 Å². The van der Waals surface area contributed by atoms with Gasteiger partial charge in [-0.1, -0.05) is 48.6 Å². The summed E-state index contributed by atoms with van der Waals surface area (Å²) in [6.45, 7) is 1.30. The molecular weight excluding hydrogens is 480 g/mol. The van der Waals surface area contributed by atoms with E-state index in [1.807, 2.05) is 91.0 Å². The molecule has 1 aliphatic heterocycles. The summed E-state index contributed by atoms with van der Waals surface area (Å²) in [7, 11) is 0. The number of allylic oxidation sites excluding steroid dienone is 2. The van der Waals surface area contributed by atoms with E-state index in [0.717, 1.165) is 5.76 Å². The summed E-state index contributed by atoms with van der Waals surface area (Å²) in [4.78, 5) is 17.7. The third-order valence-electron chi connectivity index (χ3n) is 5.61. The summed E-state index contributed by atoms with van der Waals surface area (Å²) in [5.41, 5.74) is 1.85. The molecule has 5 rings (SSSR count). The van der Waals surface area contributed by atoms with Crippen LogP contribution in [0.1, 0.15) is 6.42 Å². The van der Waals surface area contributed by atoms with Crippen LogP contribution in [0.2, 0.25) is 0 Å². The number of aliphatic imine (C=N–C) groups is 4. The molecule has 190 valence electrons. The van der Waals surface area contributed by atoms with Crippen molar-refractivity contribution in [2.45, 2.75) is 12.5 Å². The second-order valence-corrected chi connectivity index (χ2v) is 8.21. The first-order chi connectivity index (χ1) is 18.9. The molecule has 0 saturated carbocycles. The highest BCUT2D eigenvalue weighted by molar-refractivity contribution is 5.64. The fraction of sp³-hybridized carbons (Fsp3) is 0.200. The molecule has 0 bridgehead atoms. The quantitative estimate of drug-likeness (QED) is 0.339. The Morgan fingerprint density at radius 1 is 0.579 bits per heavy atom. The maximum absolute atomic E-state index is 5.99. The van der Waals surface area contributed by atoms with Crippen molar-refractivity contribution in [3.8, 4) is 17.2 Å². The van der Waals surface area contributed by atoms with Crippen molar-refractivity contribution in [3.05, 3.63) is 96.8 Å². The van der Waals surface area contributed by atoms with E-state index in [4.69, 9.17) is 18.9 Å². The second kappa shape index (κ2) is 12.9. The van der Waals surface area contributed by atoms with Crippen molar-refractivity contribution in [1.82, 2.24) is 0 Å². The van der Waals surface area contributed by atoms with E-state index in [1.165, 1.54) is 0 Å². The van der Waals surface area contributed by atoms with Crippen LogP contribution in [0.15, 0.2) is 117 Å². The molecule has 3 aromatic carbocycles. The molecule has 0 fully saturated rings. The van der Waals surface area contributed by atoms with E-state index in [-0.39, 0.29) is 6.04 Å². The van der Waals surface area contributed by atoms with Crippen LogP contribution < -0.4 is 14.2 Å². The van der Waals surface area contributed by atoms with Gasteiger partial charge in [0.25, 0.3) is 0 Å². The summed E-state index contributed by atoms with van der Waals surface area (Å²) in [5, 5.41) is 0. The Kier molecular flexibility index (Phi) is 8.40. The number of para-hydroxylation sites is 6. The average molecular weight is 507 g/mol. The molecule has 3 aromatic rings. The van der Waals surface area contributed by atoms with Gasteiger partial charge in [0.15, 0.2) is 0 Å². The maximum atomic E-state index is 5.99. The molecule has 1 unspecified atom stereocenters. The van der Waals surface area contributed by atoms with E-state index >= 15 is 0 Å². The van der Waals surface area contributed by atoms with Crippen LogP contribution in [0, 0.1) is 0 Å². The molecule has 2 aliphatic rings. The molecule has 1 atom stereocenters. The first-order valence-electron chi connectivity index (χ1n) is 12.3. The Balaban J connectivity index is 1.41. The number of benzene rings is 3. The van der Waals surface area contributed by atoms with Gasteiger partial charge >= 0.3 is 0 Å². The SMILES string of the molecule is C1=Nc2ccccc2OCCOC2=CC=CCC2N=C=Nc2ccccc2OCCOc2ccccc2N=1. The fourth-order valence-corrected chi connectivity index (χ4v) is 3.77. The lowest BCUT2D eigenvalue weighted by Gasteiger charge is -2.18. The van der Waals surface area contributed by atoms with Crippen molar-refractivity contribution < 1.29 is 18.9 Å². The summed E-state index contributed by atoms with van der Waals surface area (Å²) < 4.78 is 23.8. The first kappa shape index (κ1) is 24.8. The van der Waals surface area contributed by atoms with Crippen LogP contribution in [-0.2, 0) is 4.74 Å². The van der Waals surface area contributed by atoms with Crippen molar-refractivity contribution in [1.29, 1.82) is 0 Å². The monoisotopic (exact) mass is 506 g/mol. The number of hydrogen-bond acceptors (Lipinski definition) is 8. The molecule has 1 aliphatic carbocycles. The zero-order valence-electron chi connectivity index (χ0n) is 20.7. The highest BCUT2D eigenvalue weighted by atomic mass is 16.5. The van der Waals surface area contributed by atoms with Crippen LogP contribution in [0.3, 0.4) is 0 Å². The number of hydrogen-bond donors (Lipinski definition) is 0. The van der Waals surface area contributed by atoms with Crippen LogP contribution >= 0.6 is 0 Å². The number of fused-ring (bicyclic) bond motifs is 4. The lowest BCUT2D eigenvalue weighted by molar-refractivity contribution is 0.145. The van der Waals surface area contributed by atoms with Crippen LogP contribution in [0.4, 0.5) is 17.1 Å². The zero-order valence-corrected chi connectivity index (χ0v) is 20.7. The van der Waals surface area contributed by atoms with Gasteiger partial charge in [-0.3, -0.25) is 0 Å². The molecule has 38 heavy (non-hydrogen) atoms. The van der Waals surface area contributed by atoms with Crippen molar-refractivity contribution in [3.63, 3.8) is 0 Å². The molecule has 8 nitrogen and oxygen atoms in total. The van der Waals surface area contributed by atoms with Gasteiger partial charge in [-0.15, -0.1) is 0 Å². The molecule has 0 radical (unpaired) electrons. The standard InChI is InChI=1S/C30H26N4O4/c1-5-13-27-23(9-1)31-21-32-24-10-2-6-14-28(24)37-19-20-38-30-16-8-4-12-26(30)34-22-33-25-11-3-7-15-29(25)36-18-17-35-27/h1-11,13-16,26H,12,17-20H2. The van der Waals surface area contributed by atoms with Gasteiger partial charge in [-0.25, -0.2) is 4.99 Å². The van der Waals surface area contributed by atoms with Crippen molar-refractivity contribution >= 4 is 29.1 Å². The first-order valence-corrected chi connectivity index (χ1v) is 12.3. The summed E-state index contributed by atoms with van der Waals surface area (Å²) >= 11 is 0. The molecule has 0 aromatic heterocycles. The summed E-state index contributed by atoms with van der Waals surface area (Å²) in [6.07, 6.45) is 6.59. The van der Waals surface area contributed by atoms with Crippen LogP contribution in [0.5, 0.6) is 17.2 Å². The van der Waals surface area contributed by atoms with Crippen molar-refractivity contribution in [2.24, 2.45) is 20.0 Å². The Labute approximate surface area is 221 Å². The number of ether oxygens (including phenoxy) is 4. The number of nitrogens with zero attached hydrogens (tertiary/aromatic N) is 4. The lowest BCUT2D eigenvalue weighted by Crippen LogP contribution is -2.16. The second-order valence-electron chi connectivity index (χ2n) is 8.21. The van der Waals surface area contributed by atoms with E-state index in [2.05, 4.69) is 32.0 Å². The van der Waals surface area contributed by atoms with Gasteiger partial charge in [-0.2, -0.15) is 15.0 Å². The Hall–Kier alpha value is -4.90. The Bertz CT molecular complexity index is 1450. The summed E-state index contributed by atoms with van der Waals surface area (Å²) in [6, 6.07) is 27.8. The largest absolute Gasteiger partial charge is 0.492 e. The topological polar surface area (TPSA) is 86.4 Å². The molecule has 0 saturated heterocycles. The molecule has 0 N–H and O–H groups in total. The number of rotatable bonds is 0. The van der Waals surface area contributed by atoms with Gasteiger partial charge in [0.05, 0.1) is 6.01 Å². The fourth-order valence-electron chi connectivity index (χ4n) is 3.77. The Morgan fingerprint density at radius 2 is 1.05 bits per heavy atom. The van der Waals surface area contributed by atoms with Crippen molar-refractivity contribution in [2.75, 3.05) is 26.4 Å². The third kappa shape index (κ3) is 6.65. The maximum Gasteiger partial charge on any atom is 0.145 e. The van der Waals surface area contributed by atoms with Gasteiger partial charge in [0.2, 0.25) is 0 Å². The third-order valence-corrected chi connectivity index (χ3v) is 5.61. The summed E-state index contributed by atoms with van der Waals surface area (Å²) in [5.74, 6) is 2.57. The minimum Gasteiger partial charge on any atom is -0.492 e. The minimum atomic E-state index is -0.212. The molecular formula is C30H26N4O4. The lowest BCUT2D eigenvalue weighted by atomic mass is 10.1. The highest BCUT2D eigenvalue weighted by Crippen LogP contribution is 2.29. The van der Waals surface area contributed by atoms with Crippen LogP contribution in [0.25, 0.3) is 0 Å². The zero-order chi connectivity index (χ0) is 25.8. The van der Waals surface area contributed by atoms with E-state index in [1.54, 1.807) is 0 Å². The normalized spacial score (nSPS) is 17.4. The predicted octanol–water partition coefficient (Wildman–Crippen LogP) is 6.71. The molecule has 0 amide bonds. The smallest absolute Gasteiger partial charge is 0.145 e. The predicted molar refractivity (Wildman–Crippen MR) is 146 cm³/mol. The minimum absolute atomic E-state index is 0.212. The van der Waals surface area contributed by atoms with Gasteiger partial charge < -0.3 is 18.9 Å².